The van der Waals surface area contributed by atoms with Crippen molar-refractivity contribution in [3.05, 3.63) is 23.3 Å². The molecule has 5 heteroatoms. The summed E-state index contributed by atoms with van der Waals surface area (Å²) in [7, 11) is 0. The predicted molar refractivity (Wildman–Crippen MR) is 71.8 cm³/mol. The summed E-state index contributed by atoms with van der Waals surface area (Å²) in [4.78, 5) is 0. The van der Waals surface area contributed by atoms with Crippen LogP contribution in [0.1, 0.15) is 11.1 Å². The van der Waals surface area contributed by atoms with Gasteiger partial charge in [-0.1, -0.05) is 0 Å². The van der Waals surface area contributed by atoms with E-state index in [1.165, 1.54) is 11.1 Å². The Morgan fingerprint density at radius 3 is 2.63 bits per heavy atom. The molecule has 1 unspecified atom stereocenters. The molecule has 106 valence electrons. The number of hydrogen-bond donors (Lipinski definition) is 3. The molecule has 1 aromatic carbocycles. The van der Waals surface area contributed by atoms with Gasteiger partial charge in [0, 0.05) is 6.54 Å². The van der Waals surface area contributed by atoms with E-state index in [9.17, 15) is 5.11 Å². The number of aryl methyl sites for hydroxylation is 1. The van der Waals surface area contributed by atoms with Gasteiger partial charge in [-0.2, -0.15) is 0 Å². The fourth-order valence-corrected chi connectivity index (χ4v) is 2.06. The molecule has 0 fully saturated rings. The zero-order valence-electron chi connectivity index (χ0n) is 11.2. The maximum Gasteiger partial charge on any atom is 0.161 e. The van der Waals surface area contributed by atoms with Gasteiger partial charge in [0.05, 0.1) is 12.7 Å². The van der Waals surface area contributed by atoms with Crippen molar-refractivity contribution in [2.75, 3.05) is 32.9 Å². The highest BCUT2D eigenvalue weighted by molar-refractivity contribution is 5.47. The smallest absolute Gasteiger partial charge is 0.161 e. The highest BCUT2D eigenvalue weighted by Crippen LogP contribution is 2.33. The quantitative estimate of drug-likeness (QED) is 0.645. The van der Waals surface area contributed by atoms with Crippen molar-refractivity contribution < 1.29 is 19.7 Å². The third-order valence-electron chi connectivity index (χ3n) is 3.16. The number of nitrogens with one attached hydrogen (secondary N) is 1. The summed E-state index contributed by atoms with van der Waals surface area (Å²) in [5.74, 6) is 1.62. The van der Waals surface area contributed by atoms with Gasteiger partial charge in [-0.25, -0.2) is 0 Å². The van der Waals surface area contributed by atoms with E-state index in [0.717, 1.165) is 24.5 Å². The molecule has 0 aromatic heterocycles. The number of benzene rings is 1. The molecule has 0 spiro atoms. The summed E-state index contributed by atoms with van der Waals surface area (Å²) in [5.41, 5.74) is 2.38. The molecule has 5 nitrogen and oxygen atoms in total. The fraction of sp³-hybridized carbons (Fsp3) is 0.571. The van der Waals surface area contributed by atoms with Gasteiger partial charge in [0.1, 0.15) is 13.2 Å². The van der Waals surface area contributed by atoms with Crippen molar-refractivity contribution in [3.8, 4) is 11.5 Å². The first-order valence-corrected chi connectivity index (χ1v) is 6.59. The Hall–Kier alpha value is -1.30. The number of rotatable bonds is 6. The van der Waals surface area contributed by atoms with Crippen LogP contribution in [0.5, 0.6) is 11.5 Å². The van der Waals surface area contributed by atoms with E-state index in [2.05, 4.69) is 12.2 Å². The maximum atomic E-state index is 9.22. The maximum absolute atomic E-state index is 9.22. The second kappa shape index (κ2) is 6.75. The predicted octanol–water partition coefficient (Wildman–Crippen LogP) is 0.252. The first-order valence-electron chi connectivity index (χ1n) is 6.59. The molecule has 0 bridgehead atoms. The van der Waals surface area contributed by atoms with Crippen molar-refractivity contribution in [3.63, 3.8) is 0 Å². The van der Waals surface area contributed by atoms with Crippen LogP contribution in [-0.4, -0.2) is 49.2 Å². The zero-order chi connectivity index (χ0) is 13.7. The van der Waals surface area contributed by atoms with Crippen molar-refractivity contribution in [2.45, 2.75) is 19.4 Å². The number of ether oxygens (including phenoxy) is 2. The fourth-order valence-electron chi connectivity index (χ4n) is 2.06. The van der Waals surface area contributed by atoms with Crippen LogP contribution in [-0.2, 0) is 6.42 Å². The summed E-state index contributed by atoms with van der Waals surface area (Å²) in [5, 5.41) is 21.0. The largest absolute Gasteiger partial charge is 0.486 e. The van der Waals surface area contributed by atoms with Gasteiger partial charge >= 0.3 is 0 Å². The molecule has 0 amide bonds. The minimum Gasteiger partial charge on any atom is -0.486 e. The summed E-state index contributed by atoms with van der Waals surface area (Å²) < 4.78 is 11.1. The standard InChI is InChI=1S/C14H21NO4/c1-10-6-13-14(19-5-4-18-13)7-11(10)2-3-15-8-12(17)9-16/h6-7,12,15-17H,2-5,8-9H2,1H3. The molecular formula is C14H21NO4. The van der Waals surface area contributed by atoms with E-state index < -0.39 is 6.10 Å². The van der Waals surface area contributed by atoms with Gasteiger partial charge < -0.3 is 25.0 Å². The minimum atomic E-state index is -0.693. The topological polar surface area (TPSA) is 71.0 Å². The molecule has 1 aliphatic heterocycles. The number of aliphatic hydroxyl groups excluding tert-OH is 2. The lowest BCUT2D eigenvalue weighted by Gasteiger charge is -2.20. The molecule has 0 aliphatic carbocycles. The number of aliphatic hydroxyl groups is 2. The van der Waals surface area contributed by atoms with Crippen LogP contribution in [0.15, 0.2) is 12.1 Å². The van der Waals surface area contributed by atoms with Crippen LogP contribution < -0.4 is 14.8 Å². The van der Waals surface area contributed by atoms with Crippen molar-refractivity contribution >= 4 is 0 Å². The SMILES string of the molecule is Cc1cc2c(cc1CCNCC(O)CO)OCCO2. The van der Waals surface area contributed by atoms with Gasteiger partial charge in [0.2, 0.25) is 0 Å². The van der Waals surface area contributed by atoms with Gasteiger partial charge in [0.25, 0.3) is 0 Å². The van der Waals surface area contributed by atoms with Crippen LogP contribution in [0.25, 0.3) is 0 Å². The van der Waals surface area contributed by atoms with Crippen LogP contribution in [0.2, 0.25) is 0 Å². The Morgan fingerprint density at radius 1 is 1.26 bits per heavy atom. The summed E-state index contributed by atoms with van der Waals surface area (Å²) in [6.45, 7) is 4.19. The first-order chi connectivity index (χ1) is 9.20. The molecule has 0 radical (unpaired) electrons. The van der Waals surface area contributed by atoms with Crippen LogP contribution in [0.4, 0.5) is 0 Å². The van der Waals surface area contributed by atoms with Gasteiger partial charge in [-0.05, 0) is 43.1 Å². The van der Waals surface area contributed by atoms with Crippen molar-refractivity contribution in [1.82, 2.24) is 5.32 Å². The van der Waals surface area contributed by atoms with Gasteiger partial charge in [-0.3, -0.25) is 0 Å². The molecule has 1 atom stereocenters. The van der Waals surface area contributed by atoms with E-state index in [1.807, 2.05) is 12.1 Å². The Kier molecular flexibility index (Phi) is 5.01. The Morgan fingerprint density at radius 2 is 1.95 bits per heavy atom. The molecule has 0 saturated heterocycles. The van der Waals surface area contributed by atoms with Crippen molar-refractivity contribution in [1.29, 1.82) is 0 Å². The molecular weight excluding hydrogens is 246 g/mol. The van der Waals surface area contributed by atoms with Crippen molar-refractivity contribution in [2.24, 2.45) is 0 Å². The molecule has 0 saturated carbocycles. The number of fused-ring (bicyclic) bond motifs is 1. The normalized spacial score (nSPS) is 15.3. The van der Waals surface area contributed by atoms with E-state index in [-0.39, 0.29) is 6.61 Å². The monoisotopic (exact) mass is 267 g/mol. The second-order valence-electron chi connectivity index (χ2n) is 4.71. The average Bonchev–Trinajstić information content (AvgIpc) is 2.43. The van der Waals surface area contributed by atoms with E-state index in [1.54, 1.807) is 0 Å². The minimum absolute atomic E-state index is 0.212. The Bertz CT molecular complexity index is 422. The van der Waals surface area contributed by atoms with Gasteiger partial charge in [-0.15, -0.1) is 0 Å². The lowest BCUT2D eigenvalue weighted by molar-refractivity contribution is 0.0947. The lowest BCUT2D eigenvalue weighted by atomic mass is 10.0. The van der Waals surface area contributed by atoms with Crippen LogP contribution in [0.3, 0.4) is 0 Å². The first kappa shape index (κ1) is 14.1. The summed E-state index contributed by atoms with van der Waals surface area (Å²) in [6, 6.07) is 4.03. The van der Waals surface area contributed by atoms with Gasteiger partial charge in [0.15, 0.2) is 11.5 Å². The third kappa shape index (κ3) is 3.83. The van der Waals surface area contributed by atoms with E-state index in [4.69, 9.17) is 14.6 Å². The zero-order valence-corrected chi connectivity index (χ0v) is 11.2. The average molecular weight is 267 g/mol. The molecule has 3 N–H and O–H groups in total. The third-order valence-corrected chi connectivity index (χ3v) is 3.16. The Balaban J connectivity index is 1.89. The Labute approximate surface area is 113 Å². The summed E-state index contributed by atoms with van der Waals surface area (Å²) in [6.07, 6.45) is 0.155. The summed E-state index contributed by atoms with van der Waals surface area (Å²) >= 11 is 0. The second-order valence-corrected chi connectivity index (χ2v) is 4.71. The highest BCUT2D eigenvalue weighted by atomic mass is 16.6. The molecule has 19 heavy (non-hydrogen) atoms. The van der Waals surface area contributed by atoms with E-state index >= 15 is 0 Å². The molecule has 1 aromatic rings. The molecule has 2 rings (SSSR count). The molecule has 1 heterocycles. The lowest BCUT2D eigenvalue weighted by Crippen LogP contribution is -2.30. The number of hydrogen-bond acceptors (Lipinski definition) is 5. The van der Waals surface area contributed by atoms with Crippen LogP contribution in [0, 0.1) is 6.92 Å². The van der Waals surface area contributed by atoms with E-state index in [0.29, 0.717) is 19.8 Å². The highest BCUT2D eigenvalue weighted by Gasteiger charge is 2.13. The van der Waals surface area contributed by atoms with Crippen LogP contribution >= 0.6 is 0 Å². The molecule has 1 aliphatic rings.